The van der Waals surface area contributed by atoms with Gasteiger partial charge in [0.25, 0.3) is 5.91 Å². The molecule has 24 heavy (non-hydrogen) atoms. The first-order valence-electron chi connectivity index (χ1n) is 7.77. The van der Waals surface area contributed by atoms with Gasteiger partial charge in [-0.3, -0.25) is 14.5 Å². The summed E-state index contributed by atoms with van der Waals surface area (Å²) in [5, 5.41) is 6.36. The van der Waals surface area contributed by atoms with Crippen LogP contribution in [0.1, 0.15) is 13.3 Å². The zero-order valence-corrected chi connectivity index (χ0v) is 15.8. The van der Waals surface area contributed by atoms with Crippen molar-refractivity contribution >= 4 is 45.8 Å². The molecule has 2 atom stereocenters. The maximum Gasteiger partial charge on any atom is 0.265 e. The number of halogens is 2. The molecule has 1 saturated heterocycles. The standard InChI is InChI=1S/C16H20BrN3O3.ClH/c1-10-7-18-5-4-12(10)19-15(21)8-20-13-3-2-11(17)6-14(13)23-9-16(20)22;/h2-3,6,10,12,18H,4-5,7-9H2,1H3,(H,19,21);1H. The van der Waals surface area contributed by atoms with Crippen LogP contribution in [-0.2, 0) is 9.59 Å². The molecule has 2 aliphatic rings. The summed E-state index contributed by atoms with van der Waals surface area (Å²) in [5.41, 5.74) is 0.637. The van der Waals surface area contributed by atoms with Gasteiger partial charge in [0.05, 0.1) is 5.69 Å². The smallest absolute Gasteiger partial charge is 0.265 e. The molecule has 2 amide bonds. The van der Waals surface area contributed by atoms with E-state index in [9.17, 15) is 9.59 Å². The number of amides is 2. The molecule has 0 bridgehead atoms. The highest BCUT2D eigenvalue weighted by molar-refractivity contribution is 9.10. The monoisotopic (exact) mass is 417 g/mol. The van der Waals surface area contributed by atoms with Gasteiger partial charge in [0.1, 0.15) is 12.3 Å². The average Bonchev–Trinajstić information content (AvgIpc) is 2.52. The minimum absolute atomic E-state index is 0. The van der Waals surface area contributed by atoms with Crippen molar-refractivity contribution in [1.82, 2.24) is 10.6 Å². The number of carbonyl (C=O) groups excluding carboxylic acids is 2. The highest BCUT2D eigenvalue weighted by atomic mass is 79.9. The summed E-state index contributed by atoms with van der Waals surface area (Å²) in [4.78, 5) is 26.0. The Balaban J connectivity index is 0.00000208. The van der Waals surface area contributed by atoms with Gasteiger partial charge in [-0.15, -0.1) is 12.4 Å². The van der Waals surface area contributed by atoms with Crippen molar-refractivity contribution in [2.45, 2.75) is 19.4 Å². The Kier molecular flexibility index (Phi) is 6.48. The lowest BCUT2D eigenvalue weighted by molar-refractivity contribution is -0.126. The molecule has 0 aromatic heterocycles. The fraction of sp³-hybridized carbons (Fsp3) is 0.500. The lowest BCUT2D eigenvalue weighted by Crippen LogP contribution is -2.52. The molecule has 0 spiro atoms. The average molecular weight is 419 g/mol. The Morgan fingerprint density at radius 3 is 3.04 bits per heavy atom. The zero-order valence-electron chi connectivity index (χ0n) is 13.4. The van der Waals surface area contributed by atoms with Gasteiger partial charge >= 0.3 is 0 Å². The number of piperidine rings is 1. The van der Waals surface area contributed by atoms with E-state index in [2.05, 4.69) is 33.5 Å². The van der Waals surface area contributed by atoms with E-state index in [-0.39, 0.29) is 43.4 Å². The Bertz CT molecular complexity index is 629. The van der Waals surface area contributed by atoms with E-state index >= 15 is 0 Å². The second kappa shape index (κ2) is 8.18. The van der Waals surface area contributed by atoms with E-state index in [0.717, 1.165) is 24.0 Å². The van der Waals surface area contributed by atoms with Gasteiger partial charge in [-0.2, -0.15) is 0 Å². The van der Waals surface area contributed by atoms with Gasteiger partial charge in [0.15, 0.2) is 6.61 Å². The first-order chi connectivity index (χ1) is 11.0. The molecule has 1 fully saturated rings. The topological polar surface area (TPSA) is 70.7 Å². The summed E-state index contributed by atoms with van der Waals surface area (Å²) >= 11 is 3.38. The van der Waals surface area contributed by atoms with Crippen LogP contribution in [0.5, 0.6) is 5.75 Å². The highest BCUT2D eigenvalue weighted by Gasteiger charge is 2.29. The molecule has 2 unspecified atom stereocenters. The number of hydrogen-bond acceptors (Lipinski definition) is 4. The number of anilines is 1. The number of benzene rings is 1. The SMILES string of the molecule is CC1CNCCC1NC(=O)CN1C(=O)COc2cc(Br)ccc21.Cl. The summed E-state index contributed by atoms with van der Waals surface area (Å²) in [7, 11) is 0. The molecule has 0 radical (unpaired) electrons. The third-order valence-electron chi connectivity index (χ3n) is 4.30. The van der Waals surface area contributed by atoms with Crippen molar-refractivity contribution in [3.8, 4) is 5.75 Å². The molecular formula is C16H21BrClN3O3. The minimum atomic E-state index is -0.201. The number of hydrogen-bond donors (Lipinski definition) is 2. The minimum Gasteiger partial charge on any atom is -0.482 e. The molecule has 2 heterocycles. The molecule has 1 aromatic carbocycles. The van der Waals surface area contributed by atoms with E-state index in [1.807, 2.05) is 12.1 Å². The largest absolute Gasteiger partial charge is 0.482 e. The van der Waals surface area contributed by atoms with Crippen molar-refractivity contribution in [2.24, 2.45) is 5.92 Å². The third-order valence-corrected chi connectivity index (χ3v) is 4.79. The molecule has 8 heteroatoms. The van der Waals surface area contributed by atoms with Crippen LogP contribution in [0.4, 0.5) is 5.69 Å². The van der Waals surface area contributed by atoms with Crippen molar-refractivity contribution in [2.75, 3.05) is 31.1 Å². The number of rotatable bonds is 3. The van der Waals surface area contributed by atoms with Gasteiger partial charge in [-0.05, 0) is 43.6 Å². The lowest BCUT2D eigenvalue weighted by Gasteiger charge is -2.32. The van der Waals surface area contributed by atoms with Crippen LogP contribution in [-0.4, -0.2) is 44.1 Å². The first-order valence-corrected chi connectivity index (χ1v) is 8.56. The van der Waals surface area contributed by atoms with Crippen molar-refractivity contribution in [3.63, 3.8) is 0 Å². The normalized spacial score (nSPS) is 22.9. The van der Waals surface area contributed by atoms with Crippen LogP contribution in [0.15, 0.2) is 22.7 Å². The lowest BCUT2D eigenvalue weighted by atomic mass is 9.95. The Hall–Kier alpha value is -1.31. The van der Waals surface area contributed by atoms with Crippen LogP contribution in [0.3, 0.4) is 0 Å². The van der Waals surface area contributed by atoms with Crippen LogP contribution >= 0.6 is 28.3 Å². The number of carbonyl (C=O) groups is 2. The summed E-state index contributed by atoms with van der Waals surface area (Å²) in [6.07, 6.45) is 0.910. The second-order valence-corrected chi connectivity index (χ2v) is 6.94. The Morgan fingerprint density at radius 1 is 1.50 bits per heavy atom. The predicted molar refractivity (Wildman–Crippen MR) is 97.8 cm³/mol. The van der Waals surface area contributed by atoms with E-state index in [1.165, 1.54) is 4.90 Å². The molecule has 132 valence electrons. The number of nitrogens with one attached hydrogen (secondary N) is 2. The second-order valence-electron chi connectivity index (χ2n) is 6.02. The van der Waals surface area contributed by atoms with Gasteiger partial charge in [-0.25, -0.2) is 0 Å². The number of ether oxygens (including phenoxy) is 1. The summed E-state index contributed by atoms with van der Waals surface area (Å²) in [5.74, 6) is 0.666. The Morgan fingerprint density at radius 2 is 2.29 bits per heavy atom. The fourth-order valence-electron chi connectivity index (χ4n) is 2.98. The van der Waals surface area contributed by atoms with E-state index in [1.54, 1.807) is 6.07 Å². The van der Waals surface area contributed by atoms with Gasteiger partial charge < -0.3 is 15.4 Å². The maximum atomic E-state index is 12.4. The molecular weight excluding hydrogens is 398 g/mol. The summed E-state index contributed by atoms with van der Waals surface area (Å²) in [6.45, 7) is 3.90. The molecule has 6 nitrogen and oxygen atoms in total. The van der Waals surface area contributed by atoms with Gasteiger partial charge in [0, 0.05) is 10.5 Å². The molecule has 0 saturated carbocycles. The third kappa shape index (κ3) is 4.20. The molecule has 2 N–H and O–H groups in total. The fourth-order valence-corrected chi connectivity index (χ4v) is 3.32. The van der Waals surface area contributed by atoms with Crippen LogP contribution < -0.4 is 20.3 Å². The van der Waals surface area contributed by atoms with Crippen LogP contribution in [0.2, 0.25) is 0 Å². The highest BCUT2D eigenvalue weighted by Crippen LogP contribution is 2.34. The van der Waals surface area contributed by atoms with Crippen molar-refractivity contribution in [1.29, 1.82) is 0 Å². The van der Waals surface area contributed by atoms with Crippen LogP contribution in [0, 0.1) is 5.92 Å². The summed E-state index contributed by atoms with van der Waals surface area (Å²) in [6, 6.07) is 5.59. The summed E-state index contributed by atoms with van der Waals surface area (Å²) < 4.78 is 6.31. The van der Waals surface area contributed by atoms with Crippen molar-refractivity contribution in [3.05, 3.63) is 22.7 Å². The maximum absolute atomic E-state index is 12.4. The zero-order chi connectivity index (χ0) is 16.4. The van der Waals surface area contributed by atoms with E-state index in [4.69, 9.17) is 4.74 Å². The quantitative estimate of drug-likeness (QED) is 0.784. The number of fused-ring (bicyclic) bond motifs is 1. The first kappa shape index (κ1) is 19.0. The van der Waals surface area contributed by atoms with E-state index in [0.29, 0.717) is 17.4 Å². The van der Waals surface area contributed by atoms with Gasteiger partial charge in [-0.1, -0.05) is 22.9 Å². The van der Waals surface area contributed by atoms with Crippen LogP contribution in [0.25, 0.3) is 0 Å². The molecule has 0 aliphatic carbocycles. The molecule has 1 aromatic rings. The van der Waals surface area contributed by atoms with Crippen molar-refractivity contribution < 1.29 is 14.3 Å². The van der Waals surface area contributed by atoms with Gasteiger partial charge in [0.2, 0.25) is 5.91 Å². The predicted octanol–water partition coefficient (Wildman–Crippen LogP) is 1.71. The molecule has 2 aliphatic heterocycles. The Labute approximate surface area is 155 Å². The molecule has 3 rings (SSSR count). The number of nitrogens with zero attached hydrogens (tertiary/aromatic N) is 1. The van der Waals surface area contributed by atoms with E-state index < -0.39 is 0 Å².